The molecule has 0 atom stereocenters. The topological polar surface area (TPSA) is 107 Å². The Bertz CT molecular complexity index is 1120. The van der Waals surface area contributed by atoms with E-state index in [1.807, 2.05) is 0 Å². The second-order valence-electron chi connectivity index (χ2n) is 9.40. The summed E-state index contributed by atoms with van der Waals surface area (Å²) >= 11 is 1.79. The van der Waals surface area contributed by atoms with Gasteiger partial charge in [-0.15, -0.1) is 11.3 Å². The third-order valence-corrected chi connectivity index (χ3v) is 7.76. The van der Waals surface area contributed by atoms with Crippen LogP contribution in [0.25, 0.3) is 21.3 Å². The molecular formula is C25H37N5O3S. The number of hydrogen-bond acceptors (Lipinski definition) is 7. The molecule has 0 aromatic carbocycles. The number of carbonyl (C=O) groups is 1. The number of ether oxygens (including phenoxy) is 1. The number of rotatable bonds is 12. The average Bonchev–Trinajstić information content (AvgIpc) is 3.35. The van der Waals surface area contributed by atoms with Crippen LogP contribution < -0.4 is 5.73 Å². The maximum Gasteiger partial charge on any atom is 0.303 e. The molecule has 8 nitrogen and oxygen atoms in total. The molecule has 3 aromatic rings. The van der Waals surface area contributed by atoms with Crippen molar-refractivity contribution in [3.05, 3.63) is 16.8 Å². The van der Waals surface area contributed by atoms with Gasteiger partial charge in [0.05, 0.1) is 22.3 Å². The molecule has 0 unspecified atom stereocenters. The van der Waals surface area contributed by atoms with Crippen molar-refractivity contribution < 1.29 is 14.6 Å². The second-order valence-corrected chi connectivity index (χ2v) is 10.7. The monoisotopic (exact) mass is 487 g/mol. The molecule has 1 aliphatic rings. The number of aryl methyl sites for hydroxylation is 2. The van der Waals surface area contributed by atoms with E-state index in [1.165, 1.54) is 15.1 Å². The van der Waals surface area contributed by atoms with Gasteiger partial charge in [-0.2, -0.15) is 0 Å². The lowest BCUT2D eigenvalue weighted by atomic mass is 9.96. The quantitative estimate of drug-likeness (QED) is 0.363. The van der Waals surface area contributed by atoms with Crippen molar-refractivity contribution in [3.63, 3.8) is 0 Å². The minimum atomic E-state index is -0.761. The van der Waals surface area contributed by atoms with Gasteiger partial charge in [0.2, 0.25) is 0 Å². The second kappa shape index (κ2) is 11.5. The van der Waals surface area contributed by atoms with Crippen LogP contribution >= 0.6 is 11.3 Å². The van der Waals surface area contributed by atoms with Gasteiger partial charge in [0.25, 0.3) is 0 Å². The summed E-state index contributed by atoms with van der Waals surface area (Å²) in [5, 5.41) is 8.70. The van der Waals surface area contributed by atoms with Crippen LogP contribution in [0.15, 0.2) is 6.07 Å². The summed E-state index contributed by atoms with van der Waals surface area (Å²) in [5.41, 5.74) is 9.37. The Kier molecular flexibility index (Phi) is 8.39. The van der Waals surface area contributed by atoms with E-state index in [0.717, 1.165) is 75.1 Å². The maximum absolute atomic E-state index is 10.6. The zero-order valence-corrected chi connectivity index (χ0v) is 21.2. The third-order valence-electron chi connectivity index (χ3n) is 6.71. The fourth-order valence-corrected chi connectivity index (χ4v) is 5.84. The number of hydrogen-bond donors (Lipinski definition) is 2. The van der Waals surface area contributed by atoms with Gasteiger partial charge in [-0.25, -0.2) is 9.97 Å². The highest BCUT2D eigenvalue weighted by molar-refractivity contribution is 7.19. The number of unbranched alkanes of at least 4 members (excludes halogenated alkanes) is 1. The number of aromatic nitrogens is 3. The normalized spacial score (nSPS) is 15.6. The number of carboxylic acid groups (broad SMARTS) is 1. The summed E-state index contributed by atoms with van der Waals surface area (Å²) in [4.78, 5) is 23.9. The van der Waals surface area contributed by atoms with E-state index in [4.69, 9.17) is 20.6 Å². The largest absolute Gasteiger partial charge is 0.481 e. The van der Waals surface area contributed by atoms with E-state index < -0.39 is 5.97 Å². The number of piperidine rings is 1. The number of fused-ring (bicyclic) bond motifs is 3. The van der Waals surface area contributed by atoms with Crippen LogP contribution in [0.2, 0.25) is 0 Å². The molecular weight excluding hydrogens is 450 g/mol. The van der Waals surface area contributed by atoms with Gasteiger partial charge in [-0.1, -0.05) is 13.3 Å². The SMILES string of the molecule is CCCCc1nc2c(N)nc3cc(C)sc3c2n1CC1CCN(CCOCCCC(=O)O)CC1. The molecule has 3 aromatic heterocycles. The summed E-state index contributed by atoms with van der Waals surface area (Å²) in [6, 6.07) is 2.13. The van der Waals surface area contributed by atoms with Crippen molar-refractivity contribution in [2.45, 2.75) is 65.3 Å². The lowest BCUT2D eigenvalue weighted by Gasteiger charge is -2.32. The van der Waals surface area contributed by atoms with Crippen molar-refractivity contribution in [2.24, 2.45) is 5.92 Å². The highest BCUT2D eigenvalue weighted by Gasteiger charge is 2.24. The van der Waals surface area contributed by atoms with Crippen molar-refractivity contribution in [2.75, 3.05) is 38.6 Å². The Labute approximate surface area is 205 Å². The molecule has 0 bridgehead atoms. The summed E-state index contributed by atoms with van der Waals surface area (Å²) in [5.74, 6) is 1.52. The number of likely N-dealkylation sites (tertiary alicyclic amines) is 1. The molecule has 0 aliphatic carbocycles. The minimum absolute atomic E-state index is 0.174. The molecule has 186 valence electrons. The van der Waals surface area contributed by atoms with Crippen molar-refractivity contribution >= 4 is 44.4 Å². The average molecular weight is 488 g/mol. The van der Waals surface area contributed by atoms with Gasteiger partial charge in [0.15, 0.2) is 5.82 Å². The number of nitrogen functional groups attached to an aromatic ring is 1. The smallest absolute Gasteiger partial charge is 0.303 e. The first-order chi connectivity index (χ1) is 16.5. The molecule has 0 amide bonds. The molecule has 0 spiro atoms. The van der Waals surface area contributed by atoms with Gasteiger partial charge >= 0.3 is 5.97 Å². The number of thiophene rings is 1. The van der Waals surface area contributed by atoms with Crippen LogP contribution in [0.4, 0.5) is 5.82 Å². The molecule has 4 heterocycles. The number of nitrogens with two attached hydrogens (primary N) is 1. The van der Waals surface area contributed by atoms with Crippen LogP contribution in [0.1, 0.15) is 56.2 Å². The number of carboxylic acids is 1. The lowest BCUT2D eigenvalue weighted by molar-refractivity contribution is -0.137. The number of anilines is 1. The molecule has 1 aliphatic heterocycles. The first kappa shape index (κ1) is 24.9. The minimum Gasteiger partial charge on any atom is -0.481 e. The highest BCUT2D eigenvalue weighted by Crippen LogP contribution is 2.35. The van der Waals surface area contributed by atoms with E-state index in [2.05, 4.69) is 34.4 Å². The Hall–Kier alpha value is -2.23. The zero-order chi connectivity index (χ0) is 24.1. The molecule has 1 saturated heterocycles. The van der Waals surface area contributed by atoms with E-state index in [9.17, 15) is 4.79 Å². The number of imidazole rings is 1. The fraction of sp³-hybridized carbons (Fsp3) is 0.640. The number of aliphatic carboxylic acids is 1. The summed E-state index contributed by atoms with van der Waals surface area (Å²) in [6.07, 6.45) is 6.28. The predicted octanol–water partition coefficient (Wildman–Crippen LogP) is 4.47. The molecule has 0 radical (unpaired) electrons. The van der Waals surface area contributed by atoms with E-state index >= 15 is 0 Å². The zero-order valence-electron chi connectivity index (χ0n) is 20.4. The first-order valence-electron chi connectivity index (χ1n) is 12.5. The number of pyridine rings is 1. The van der Waals surface area contributed by atoms with Gasteiger partial charge in [-0.3, -0.25) is 4.79 Å². The Morgan fingerprint density at radius 2 is 2.06 bits per heavy atom. The van der Waals surface area contributed by atoms with Crippen LogP contribution in [0.5, 0.6) is 0 Å². The van der Waals surface area contributed by atoms with Gasteiger partial charge in [0.1, 0.15) is 11.3 Å². The summed E-state index contributed by atoms with van der Waals surface area (Å²) in [7, 11) is 0. The molecule has 0 saturated carbocycles. The third kappa shape index (κ3) is 5.87. The Morgan fingerprint density at radius 1 is 1.26 bits per heavy atom. The van der Waals surface area contributed by atoms with E-state index in [-0.39, 0.29) is 6.42 Å². The molecule has 34 heavy (non-hydrogen) atoms. The molecule has 1 fully saturated rings. The van der Waals surface area contributed by atoms with Crippen LogP contribution in [0.3, 0.4) is 0 Å². The Morgan fingerprint density at radius 3 is 2.79 bits per heavy atom. The summed E-state index contributed by atoms with van der Waals surface area (Å²) in [6.45, 7) is 9.55. The highest BCUT2D eigenvalue weighted by atomic mass is 32.1. The Balaban J connectivity index is 1.41. The van der Waals surface area contributed by atoms with E-state index in [1.54, 1.807) is 11.3 Å². The predicted molar refractivity (Wildman–Crippen MR) is 138 cm³/mol. The van der Waals surface area contributed by atoms with Crippen molar-refractivity contribution in [1.82, 2.24) is 19.4 Å². The van der Waals surface area contributed by atoms with Crippen molar-refractivity contribution in [3.8, 4) is 0 Å². The molecule has 4 rings (SSSR count). The van der Waals surface area contributed by atoms with Gasteiger partial charge in [-0.05, 0) is 57.7 Å². The molecule has 3 N–H and O–H groups in total. The fourth-order valence-electron chi connectivity index (χ4n) is 4.84. The van der Waals surface area contributed by atoms with Crippen LogP contribution in [-0.4, -0.2) is 63.4 Å². The van der Waals surface area contributed by atoms with Crippen LogP contribution in [0, 0.1) is 12.8 Å². The summed E-state index contributed by atoms with van der Waals surface area (Å²) < 4.78 is 9.28. The van der Waals surface area contributed by atoms with Crippen molar-refractivity contribution in [1.29, 1.82) is 0 Å². The standard InChI is InChI=1S/C25H37N5O3S/c1-3-4-6-20-28-22-23(24-19(27-25(22)26)15-17(2)34-24)30(20)16-18-8-10-29(11-9-18)12-14-33-13-5-7-21(31)32/h15,18H,3-14,16H2,1-2H3,(H2,26,27)(H,31,32). The molecule has 9 heteroatoms. The lowest BCUT2D eigenvalue weighted by Crippen LogP contribution is -2.37. The maximum atomic E-state index is 10.6. The van der Waals surface area contributed by atoms with Crippen LogP contribution in [-0.2, 0) is 22.5 Å². The number of nitrogens with zero attached hydrogens (tertiary/aromatic N) is 4. The van der Waals surface area contributed by atoms with Gasteiger partial charge < -0.3 is 25.0 Å². The van der Waals surface area contributed by atoms with E-state index in [0.29, 0.717) is 31.4 Å². The first-order valence-corrected chi connectivity index (χ1v) is 13.3. The van der Waals surface area contributed by atoms with Gasteiger partial charge in [0, 0.05) is 37.4 Å².